The highest BCUT2D eigenvalue weighted by molar-refractivity contribution is 6.90. The van der Waals surface area contributed by atoms with Crippen LogP contribution >= 0.6 is 0 Å². The smallest absolute Gasteiger partial charge is 0.410 e. The van der Waals surface area contributed by atoms with Crippen LogP contribution in [0.4, 0.5) is 29.9 Å². The molecule has 5 aromatic rings. The van der Waals surface area contributed by atoms with Gasteiger partial charge in [0.05, 0.1) is 42.4 Å². The van der Waals surface area contributed by atoms with Gasteiger partial charge in [0.1, 0.15) is 48.0 Å². The summed E-state index contributed by atoms with van der Waals surface area (Å²) in [5, 5.41) is 3.59. The number of rotatable bonds is 18. The van der Waals surface area contributed by atoms with E-state index in [4.69, 9.17) is 38.6 Å². The molecule has 94 heavy (non-hydrogen) atoms. The molecule has 11 rings (SSSR count). The van der Waals surface area contributed by atoms with Gasteiger partial charge < -0.3 is 43.3 Å². The number of halogens is 2. The van der Waals surface area contributed by atoms with E-state index in [1.54, 1.807) is 43.3 Å². The summed E-state index contributed by atoms with van der Waals surface area (Å²) >= 11 is 0. The summed E-state index contributed by atoms with van der Waals surface area (Å²) in [5.74, 6) is 2.56. The number of carbonyl (C=O) groups excluding carboxylic acids is 4. The molecule has 3 aromatic carbocycles. The molecule has 1 N–H and O–H groups in total. The fourth-order valence-electron chi connectivity index (χ4n) is 15.9. The number of piperidine rings is 1. The first-order valence-electron chi connectivity index (χ1n) is 34.9. The fourth-order valence-corrected chi connectivity index (χ4v) is 21.1. The molecule has 2 aromatic heterocycles. The van der Waals surface area contributed by atoms with E-state index in [0.717, 1.165) is 57.9 Å². The van der Waals surface area contributed by atoms with E-state index in [1.807, 2.05) is 40.4 Å². The van der Waals surface area contributed by atoms with Gasteiger partial charge in [-0.1, -0.05) is 60.5 Å². The van der Waals surface area contributed by atoms with Gasteiger partial charge in [0.15, 0.2) is 12.6 Å². The van der Waals surface area contributed by atoms with E-state index >= 15 is 8.78 Å². The summed E-state index contributed by atoms with van der Waals surface area (Å²) in [7, 11) is 0.624. The maximum atomic E-state index is 18.3. The second-order valence-corrected chi connectivity index (χ2v) is 34.5. The average Bonchev–Trinajstić information content (AvgIpc) is 0.966. The number of aromatic nitrogens is 3. The van der Waals surface area contributed by atoms with Gasteiger partial charge in [-0.25, -0.2) is 18.4 Å². The molecule has 19 nitrogen and oxygen atoms in total. The number of carbonyl (C=O) groups is 4. The minimum Gasteiger partial charge on any atom is -0.495 e. The third-order valence-corrected chi connectivity index (χ3v) is 27.0. The minimum atomic E-state index is -2.39. The SMILES string of the molecule is [2H]C([2H])([C@@H](C)COc1nc(N2CC3CCC(C2)N3C(=O)OC(C)(C)C)c2cnc(-c3cc(OCOC)cc4ccc(F)c(C#C[Si](C(C)C)(C(C)C)C(C)C)c34)c(F)c2n1)N1CCN(CC2CCC3(CC2)CCN(C(=O)c2ccc(OC)c(N4CCC(=O)NC4=O)c2)CC3)CC1. The predicted octanol–water partition coefficient (Wildman–Crippen LogP) is 12.5. The number of hydrogen-bond acceptors (Lipinski definition) is 15. The van der Waals surface area contributed by atoms with Gasteiger partial charge in [-0.3, -0.25) is 29.7 Å². The molecule has 5 amide bonds. The van der Waals surface area contributed by atoms with Crippen LogP contribution in [0.25, 0.3) is 32.9 Å². The summed E-state index contributed by atoms with van der Waals surface area (Å²) in [6.07, 6.45) is 9.01. The first-order valence-corrected chi connectivity index (χ1v) is 36.1. The van der Waals surface area contributed by atoms with E-state index in [0.29, 0.717) is 103 Å². The third kappa shape index (κ3) is 14.3. The van der Waals surface area contributed by atoms with Crippen molar-refractivity contribution in [1.29, 1.82) is 0 Å². The van der Waals surface area contributed by atoms with E-state index < -0.39 is 43.8 Å². The van der Waals surface area contributed by atoms with Crippen LogP contribution in [0.3, 0.4) is 0 Å². The number of imide groups is 1. The van der Waals surface area contributed by atoms with Crippen LogP contribution in [-0.4, -0.2) is 184 Å². The normalized spacial score (nSPS) is 20.8. The second kappa shape index (κ2) is 28.2. The quantitative estimate of drug-likeness (QED) is 0.0496. The Hall–Kier alpha value is -7.19. The number of likely N-dealkylation sites (tertiary alicyclic amines) is 1. The number of nitrogens with zero attached hydrogens (tertiary/aromatic N) is 9. The number of urea groups is 1. The summed E-state index contributed by atoms with van der Waals surface area (Å²) in [4.78, 5) is 78.4. The largest absolute Gasteiger partial charge is 0.495 e. The number of hydrogen-bond donors (Lipinski definition) is 1. The molecule has 2 bridgehead atoms. The van der Waals surface area contributed by atoms with Crippen LogP contribution in [0.15, 0.2) is 48.7 Å². The molecule has 3 atom stereocenters. The van der Waals surface area contributed by atoms with Crippen molar-refractivity contribution in [1.82, 2.24) is 39.9 Å². The topological polar surface area (TPSA) is 185 Å². The minimum absolute atomic E-state index is 0.0869. The summed E-state index contributed by atoms with van der Waals surface area (Å²) < 4.78 is 83.2. The zero-order valence-electron chi connectivity index (χ0n) is 59.0. The van der Waals surface area contributed by atoms with Gasteiger partial charge in [-0.05, 0) is 142 Å². The molecule has 1 saturated carbocycles. The van der Waals surface area contributed by atoms with Crippen LogP contribution in [-0.2, 0) is 14.3 Å². The zero-order chi connectivity index (χ0) is 68.8. The molecule has 0 radical (unpaired) electrons. The van der Waals surface area contributed by atoms with Crippen LogP contribution in [0.2, 0.25) is 16.6 Å². The molecule has 5 aliphatic heterocycles. The molecule has 5 saturated heterocycles. The number of ether oxygens (including phenoxy) is 5. The zero-order valence-corrected chi connectivity index (χ0v) is 58.0. The molecule has 1 spiro atoms. The number of piperazine rings is 2. The molecule has 6 aliphatic rings. The summed E-state index contributed by atoms with van der Waals surface area (Å²) in [6, 6.07) is 10.4. The molecule has 1 aliphatic carbocycles. The highest BCUT2D eigenvalue weighted by Gasteiger charge is 2.46. The number of methoxy groups -OCH3 is 2. The lowest BCUT2D eigenvalue weighted by Crippen LogP contribution is -2.57. The number of nitrogens with one attached hydrogen (secondary N) is 1. The van der Waals surface area contributed by atoms with E-state index in [-0.39, 0.29) is 107 Å². The molecular formula is C72H96F2N10O9Si. The van der Waals surface area contributed by atoms with Gasteiger partial charge in [0, 0.05) is 117 Å². The number of amides is 5. The van der Waals surface area contributed by atoms with E-state index in [9.17, 15) is 21.9 Å². The standard InChI is InChI=1S/C72H96F2N10O9Si/c1-45(2)94(46(3)4,47(5)6)34-22-55-58(73)17-13-50-35-54(92-44-89-11)37-56(62(50)55)64-63(74)65-57(38-75-64)66(82-41-52-15-16-53(42-82)84(52)70(88)93-71(8,9)10)78-68(77-65)91-43-48(7)39-79-30-32-80(33-31-79)40-49-19-23-72(24-20-49)25-28-81(29-26-72)67(86)51-14-18-60(90-12)59(36-51)83-27-21-61(85)76-69(83)87/h13-14,17-18,35-38,45-49,52-53H,15-16,19-21,23-33,39-44H2,1-12H3,(H,76,85,87)/t48-,52?,53?/m1/s1/i39D2. The molecule has 506 valence electrons. The number of benzene rings is 3. The number of pyridine rings is 1. The van der Waals surface area contributed by atoms with Crippen molar-refractivity contribution in [3.63, 3.8) is 0 Å². The monoisotopic (exact) mass is 1310 g/mol. The van der Waals surface area contributed by atoms with Crippen molar-refractivity contribution < 1.29 is 54.4 Å². The van der Waals surface area contributed by atoms with Gasteiger partial charge in [0.2, 0.25) is 5.91 Å². The Balaban J connectivity index is 0.789. The Labute approximate surface area is 556 Å². The lowest BCUT2D eigenvalue weighted by molar-refractivity contribution is -0.120. The van der Waals surface area contributed by atoms with Crippen molar-refractivity contribution in [3.8, 4) is 40.2 Å². The third-order valence-electron chi connectivity index (χ3n) is 20.7. The van der Waals surface area contributed by atoms with E-state index in [2.05, 4.69) is 63.2 Å². The van der Waals surface area contributed by atoms with Crippen molar-refractivity contribution in [2.45, 2.75) is 161 Å². The molecule has 2 unspecified atom stereocenters. The average molecular weight is 1310 g/mol. The molecular weight excluding hydrogens is 1210 g/mol. The Morgan fingerprint density at radius 2 is 1.51 bits per heavy atom. The number of anilines is 2. The summed E-state index contributed by atoms with van der Waals surface area (Å²) in [6.45, 7) is 24.1. The van der Waals surface area contributed by atoms with Gasteiger partial charge in [-0.2, -0.15) is 9.97 Å². The van der Waals surface area contributed by atoms with Crippen molar-refractivity contribution in [3.05, 3.63) is 71.4 Å². The van der Waals surface area contributed by atoms with Crippen molar-refractivity contribution in [2.75, 3.05) is 109 Å². The maximum absolute atomic E-state index is 18.3. The highest BCUT2D eigenvalue weighted by Crippen LogP contribution is 2.48. The lowest BCUT2D eigenvalue weighted by Gasteiger charge is -2.47. The van der Waals surface area contributed by atoms with E-state index in [1.165, 1.54) is 31.4 Å². The predicted molar refractivity (Wildman–Crippen MR) is 363 cm³/mol. The maximum Gasteiger partial charge on any atom is 0.410 e. The fraction of sp³-hybridized carbons (Fsp3) is 0.597. The lowest BCUT2D eigenvalue weighted by atomic mass is 9.65. The van der Waals surface area contributed by atoms with Crippen LogP contribution < -0.4 is 29.3 Å². The first-order chi connectivity index (χ1) is 45.6. The molecule has 22 heteroatoms. The first kappa shape index (κ1) is 65.5. The van der Waals surface area contributed by atoms with Crippen molar-refractivity contribution >= 4 is 65.2 Å². The summed E-state index contributed by atoms with van der Waals surface area (Å²) in [5.41, 5.74) is 5.07. The number of fused-ring (bicyclic) bond motifs is 4. The van der Waals surface area contributed by atoms with Crippen molar-refractivity contribution in [2.24, 2.45) is 17.3 Å². The van der Waals surface area contributed by atoms with Gasteiger partial charge >= 0.3 is 18.1 Å². The Morgan fingerprint density at radius 3 is 2.15 bits per heavy atom. The van der Waals surface area contributed by atoms with Crippen LogP contribution in [0.1, 0.15) is 146 Å². The highest BCUT2D eigenvalue weighted by atomic mass is 28.3. The Kier molecular flexibility index (Phi) is 19.7. The molecule has 7 heterocycles. The Bertz CT molecular complexity index is 3760. The van der Waals surface area contributed by atoms with Crippen LogP contribution in [0.5, 0.6) is 17.5 Å². The van der Waals surface area contributed by atoms with Crippen LogP contribution in [0, 0.1) is 40.3 Å². The second-order valence-electron chi connectivity index (χ2n) is 28.9. The Morgan fingerprint density at radius 1 is 0.830 bits per heavy atom. The van der Waals surface area contributed by atoms with Gasteiger partial charge in [-0.15, -0.1) is 5.54 Å². The molecule has 6 fully saturated rings. The van der Waals surface area contributed by atoms with Gasteiger partial charge in [0.25, 0.3) is 5.91 Å².